The number of rotatable bonds is 2. The molecule has 0 saturated heterocycles. The quantitative estimate of drug-likeness (QED) is 0.801. The van der Waals surface area contributed by atoms with Gasteiger partial charge in [0.25, 0.3) is 5.91 Å². The molecular formula is C9H8N4OS. The molecule has 0 aliphatic rings. The average Bonchev–Trinajstić information content (AvgIpc) is 2.66. The first-order valence-electron chi connectivity index (χ1n) is 4.19. The van der Waals surface area contributed by atoms with Gasteiger partial charge in [-0.15, -0.1) is 16.4 Å². The lowest BCUT2D eigenvalue weighted by Crippen LogP contribution is -2.13. The van der Waals surface area contributed by atoms with Crippen LogP contribution in [0, 0.1) is 0 Å². The smallest absolute Gasteiger partial charge is 0.269 e. The topological polar surface area (TPSA) is 80.9 Å². The third-order valence-electron chi connectivity index (χ3n) is 1.72. The highest BCUT2D eigenvalue weighted by Crippen LogP contribution is 2.19. The number of nitrogens with one attached hydrogen (secondary N) is 1. The number of aromatic nitrogens is 2. The van der Waals surface area contributed by atoms with Gasteiger partial charge in [0.2, 0.25) is 0 Å². The Morgan fingerprint density at radius 3 is 2.93 bits per heavy atom. The van der Waals surface area contributed by atoms with Gasteiger partial charge < -0.3 is 11.1 Å². The highest BCUT2D eigenvalue weighted by molar-refractivity contribution is 7.12. The molecule has 1 amide bonds. The molecular weight excluding hydrogens is 212 g/mol. The van der Waals surface area contributed by atoms with E-state index in [1.807, 2.05) is 0 Å². The molecule has 3 N–H and O–H groups in total. The summed E-state index contributed by atoms with van der Waals surface area (Å²) < 4.78 is 0. The fraction of sp³-hybridized carbons (Fsp3) is 0. The van der Waals surface area contributed by atoms with Gasteiger partial charge >= 0.3 is 0 Å². The first-order valence-corrected chi connectivity index (χ1v) is 5.07. The monoisotopic (exact) mass is 220 g/mol. The Bertz CT molecular complexity index is 468. The van der Waals surface area contributed by atoms with Crippen LogP contribution in [0.2, 0.25) is 0 Å². The molecule has 5 nitrogen and oxygen atoms in total. The van der Waals surface area contributed by atoms with Crippen LogP contribution >= 0.6 is 11.3 Å². The van der Waals surface area contributed by atoms with Gasteiger partial charge in [0, 0.05) is 6.20 Å². The molecule has 0 aromatic carbocycles. The number of nitrogen functional groups attached to an aromatic ring is 1. The van der Waals surface area contributed by atoms with E-state index in [-0.39, 0.29) is 5.91 Å². The van der Waals surface area contributed by atoms with Crippen molar-refractivity contribution in [2.75, 3.05) is 11.1 Å². The summed E-state index contributed by atoms with van der Waals surface area (Å²) in [4.78, 5) is 12.1. The second-order valence-corrected chi connectivity index (χ2v) is 3.68. The van der Waals surface area contributed by atoms with Crippen LogP contribution in [-0.4, -0.2) is 16.1 Å². The molecule has 0 unspecified atom stereocenters. The Morgan fingerprint density at radius 2 is 2.33 bits per heavy atom. The number of hydrogen-bond acceptors (Lipinski definition) is 5. The average molecular weight is 220 g/mol. The zero-order valence-corrected chi connectivity index (χ0v) is 8.49. The maximum atomic E-state index is 11.6. The molecule has 6 heteroatoms. The molecule has 2 rings (SSSR count). The van der Waals surface area contributed by atoms with E-state index < -0.39 is 0 Å². The van der Waals surface area contributed by atoms with Crippen LogP contribution in [-0.2, 0) is 0 Å². The number of carbonyl (C=O) groups is 1. The van der Waals surface area contributed by atoms with Gasteiger partial charge in [-0.25, -0.2) is 0 Å². The first-order chi connectivity index (χ1) is 7.27. The van der Waals surface area contributed by atoms with Crippen molar-refractivity contribution >= 4 is 28.7 Å². The minimum Gasteiger partial charge on any atom is -0.397 e. The highest BCUT2D eigenvalue weighted by atomic mass is 32.1. The standard InChI is InChI=1S/C9H8N4OS/c10-6-3-5-15-8(6)9(14)12-7-2-1-4-11-13-7/h1-5H,10H2,(H,12,13,14). The number of nitrogens with zero attached hydrogens (tertiary/aromatic N) is 2. The third-order valence-corrected chi connectivity index (χ3v) is 2.64. The number of anilines is 2. The van der Waals surface area contributed by atoms with E-state index in [2.05, 4.69) is 15.5 Å². The Hall–Kier alpha value is -1.95. The molecule has 2 aromatic rings. The van der Waals surface area contributed by atoms with Crippen LogP contribution in [0.1, 0.15) is 9.67 Å². The Labute approximate surface area is 90.0 Å². The largest absolute Gasteiger partial charge is 0.397 e. The first kappa shape index (κ1) is 9.60. The van der Waals surface area contributed by atoms with Crippen LogP contribution in [0.15, 0.2) is 29.8 Å². The van der Waals surface area contributed by atoms with Crippen molar-refractivity contribution in [2.45, 2.75) is 0 Å². The lowest BCUT2D eigenvalue weighted by atomic mass is 10.4. The fourth-order valence-corrected chi connectivity index (χ4v) is 1.76. The summed E-state index contributed by atoms with van der Waals surface area (Å²) in [5.74, 6) is 0.151. The van der Waals surface area contributed by atoms with E-state index in [1.54, 1.807) is 23.6 Å². The molecule has 0 radical (unpaired) electrons. The molecule has 2 heterocycles. The molecule has 0 aliphatic carbocycles. The van der Waals surface area contributed by atoms with Gasteiger partial charge in [-0.05, 0) is 23.6 Å². The predicted octanol–water partition coefficient (Wildman–Crippen LogP) is 1.37. The van der Waals surface area contributed by atoms with Crippen molar-refractivity contribution in [1.82, 2.24) is 10.2 Å². The Morgan fingerprint density at radius 1 is 1.47 bits per heavy atom. The zero-order valence-electron chi connectivity index (χ0n) is 7.68. The maximum absolute atomic E-state index is 11.6. The summed E-state index contributed by atoms with van der Waals surface area (Å²) in [7, 11) is 0. The Balaban J connectivity index is 2.15. The minimum atomic E-state index is -0.261. The molecule has 2 aromatic heterocycles. The number of carbonyl (C=O) groups excluding carboxylic acids is 1. The number of amides is 1. The van der Waals surface area contributed by atoms with E-state index in [0.29, 0.717) is 16.4 Å². The van der Waals surface area contributed by atoms with Gasteiger partial charge in [0.05, 0.1) is 5.69 Å². The Kier molecular flexibility index (Phi) is 2.59. The summed E-state index contributed by atoms with van der Waals surface area (Å²) >= 11 is 1.29. The SMILES string of the molecule is Nc1ccsc1C(=O)Nc1cccnn1. The summed E-state index contributed by atoms with van der Waals surface area (Å²) in [6, 6.07) is 5.05. The summed E-state index contributed by atoms with van der Waals surface area (Å²) in [6.45, 7) is 0. The second-order valence-electron chi connectivity index (χ2n) is 2.77. The van der Waals surface area contributed by atoms with Crippen molar-refractivity contribution in [3.63, 3.8) is 0 Å². The zero-order chi connectivity index (χ0) is 10.7. The second kappa shape index (κ2) is 4.05. The van der Waals surface area contributed by atoms with Crippen molar-refractivity contribution < 1.29 is 4.79 Å². The van der Waals surface area contributed by atoms with Crippen LogP contribution in [0.4, 0.5) is 11.5 Å². The summed E-state index contributed by atoms with van der Waals surface area (Å²) in [6.07, 6.45) is 1.54. The normalized spacial score (nSPS) is 9.87. The van der Waals surface area contributed by atoms with Crippen LogP contribution in [0.3, 0.4) is 0 Å². The molecule has 0 bridgehead atoms. The van der Waals surface area contributed by atoms with Gasteiger partial charge in [-0.3, -0.25) is 4.79 Å². The van der Waals surface area contributed by atoms with Crippen molar-refractivity contribution in [2.24, 2.45) is 0 Å². The summed E-state index contributed by atoms with van der Waals surface area (Å²) in [5.41, 5.74) is 6.08. The minimum absolute atomic E-state index is 0.261. The lowest BCUT2D eigenvalue weighted by Gasteiger charge is -2.01. The number of thiophene rings is 1. The van der Waals surface area contributed by atoms with E-state index in [0.717, 1.165) is 0 Å². The predicted molar refractivity (Wildman–Crippen MR) is 58.7 cm³/mol. The van der Waals surface area contributed by atoms with Gasteiger partial charge in [0.1, 0.15) is 4.88 Å². The molecule has 0 fully saturated rings. The molecule has 0 aliphatic heterocycles. The highest BCUT2D eigenvalue weighted by Gasteiger charge is 2.11. The summed E-state index contributed by atoms with van der Waals surface area (Å²) in [5, 5.41) is 11.8. The fourth-order valence-electron chi connectivity index (χ4n) is 1.04. The van der Waals surface area contributed by atoms with E-state index in [9.17, 15) is 4.79 Å². The van der Waals surface area contributed by atoms with Crippen LogP contribution < -0.4 is 11.1 Å². The van der Waals surface area contributed by atoms with E-state index in [4.69, 9.17) is 5.73 Å². The van der Waals surface area contributed by atoms with Crippen LogP contribution in [0.5, 0.6) is 0 Å². The van der Waals surface area contributed by atoms with Crippen LogP contribution in [0.25, 0.3) is 0 Å². The molecule has 0 spiro atoms. The number of hydrogen-bond donors (Lipinski definition) is 2. The van der Waals surface area contributed by atoms with E-state index in [1.165, 1.54) is 17.5 Å². The van der Waals surface area contributed by atoms with Gasteiger partial charge in [-0.2, -0.15) is 5.10 Å². The van der Waals surface area contributed by atoms with Crippen molar-refractivity contribution in [3.05, 3.63) is 34.7 Å². The van der Waals surface area contributed by atoms with Gasteiger partial charge in [0.15, 0.2) is 5.82 Å². The maximum Gasteiger partial charge on any atom is 0.269 e. The molecule has 76 valence electrons. The third kappa shape index (κ3) is 2.10. The lowest BCUT2D eigenvalue weighted by molar-refractivity contribution is 0.103. The number of nitrogens with two attached hydrogens (primary N) is 1. The molecule has 15 heavy (non-hydrogen) atoms. The van der Waals surface area contributed by atoms with Crippen molar-refractivity contribution in [3.8, 4) is 0 Å². The molecule has 0 atom stereocenters. The van der Waals surface area contributed by atoms with Crippen molar-refractivity contribution in [1.29, 1.82) is 0 Å². The van der Waals surface area contributed by atoms with Gasteiger partial charge in [-0.1, -0.05) is 0 Å². The molecule has 0 saturated carbocycles. The van der Waals surface area contributed by atoms with E-state index >= 15 is 0 Å².